The van der Waals surface area contributed by atoms with Gasteiger partial charge in [0.25, 0.3) is 0 Å². The molecule has 0 amide bonds. The van der Waals surface area contributed by atoms with Crippen LogP contribution in [-0.4, -0.2) is 30.9 Å². The van der Waals surface area contributed by atoms with Crippen LogP contribution in [0.25, 0.3) is 0 Å². The summed E-state index contributed by atoms with van der Waals surface area (Å²) in [4.78, 5) is 0. The topological polar surface area (TPSA) is 41.5 Å². The van der Waals surface area contributed by atoms with Gasteiger partial charge in [-0.15, -0.1) is 0 Å². The molecule has 0 aliphatic heterocycles. The van der Waals surface area contributed by atoms with Crippen molar-refractivity contribution >= 4 is 0 Å². The minimum atomic E-state index is -0.0271. The molecule has 1 fully saturated rings. The molecule has 1 aliphatic carbocycles. The maximum atomic E-state index is 9.59. The summed E-state index contributed by atoms with van der Waals surface area (Å²) in [6, 6.07) is 8.24. The quantitative estimate of drug-likeness (QED) is 0.829. The first-order valence-electron chi connectivity index (χ1n) is 7.19. The van der Waals surface area contributed by atoms with E-state index in [4.69, 9.17) is 4.74 Å². The molecule has 1 atom stereocenters. The molecule has 2 rings (SSSR count). The monoisotopic (exact) mass is 263 g/mol. The predicted octanol–water partition coefficient (Wildman–Crippen LogP) is 2.69. The van der Waals surface area contributed by atoms with Gasteiger partial charge in [0, 0.05) is 12.1 Å². The molecular weight excluding hydrogens is 238 g/mol. The van der Waals surface area contributed by atoms with Gasteiger partial charge in [-0.25, -0.2) is 0 Å². The average Bonchev–Trinajstić information content (AvgIpc) is 2.94. The third-order valence-electron chi connectivity index (χ3n) is 4.33. The van der Waals surface area contributed by atoms with Gasteiger partial charge < -0.3 is 15.2 Å². The lowest BCUT2D eigenvalue weighted by atomic mass is 9.95. The van der Waals surface area contributed by atoms with E-state index in [9.17, 15) is 5.11 Å². The fourth-order valence-electron chi connectivity index (χ4n) is 2.86. The first kappa shape index (κ1) is 14.4. The smallest absolute Gasteiger partial charge is 0.118 e. The zero-order valence-electron chi connectivity index (χ0n) is 12.0. The van der Waals surface area contributed by atoms with Crippen LogP contribution in [0.4, 0.5) is 0 Å². The third kappa shape index (κ3) is 3.48. The van der Waals surface area contributed by atoms with Crippen LogP contribution in [-0.2, 0) is 0 Å². The third-order valence-corrected chi connectivity index (χ3v) is 4.33. The first-order valence-corrected chi connectivity index (χ1v) is 7.19. The van der Waals surface area contributed by atoms with Crippen molar-refractivity contribution in [3.05, 3.63) is 29.8 Å². The Bertz CT molecular complexity index is 382. The van der Waals surface area contributed by atoms with E-state index in [1.165, 1.54) is 18.4 Å². The predicted molar refractivity (Wildman–Crippen MR) is 77.7 cm³/mol. The van der Waals surface area contributed by atoms with Crippen molar-refractivity contribution in [1.82, 2.24) is 5.32 Å². The standard InChI is InChI=1S/C16H25NO2/c1-13(14-5-7-15(19-2)8-6-14)11-17-16(12-18)9-3-4-10-16/h5-8,13,17-18H,3-4,9-12H2,1-2H3/t13-/m0/s1. The van der Waals surface area contributed by atoms with E-state index in [-0.39, 0.29) is 12.1 Å². The van der Waals surface area contributed by atoms with Crippen LogP contribution in [0.1, 0.15) is 44.1 Å². The molecule has 0 heterocycles. The Morgan fingerprint density at radius 2 is 1.89 bits per heavy atom. The molecule has 2 N–H and O–H groups in total. The number of rotatable bonds is 6. The van der Waals surface area contributed by atoms with E-state index < -0.39 is 0 Å². The minimum Gasteiger partial charge on any atom is -0.497 e. The van der Waals surface area contributed by atoms with Crippen molar-refractivity contribution < 1.29 is 9.84 Å². The lowest BCUT2D eigenvalue weighted by Crippen LogP contribution is -2.47. The summed E-state index contributed by atoms with van der Waals surface area (Å²) in [7, 11) is 1.69. The summed E-state index contributed by atoms with van der Waals surface area (Å²) >= 11 is 0. The van der Waals surface area contributed by atoms with Gasteiger partial charge in [-0.3, -0.25) is 0 Å². The summed E-state index contributed by atoms with van der Waals surface area (Å²) < 4.78 is 5.17. The first-order chi connectivity index (χ1) is 9.19. The number of methoxy groups -OCH3 is 1. The lowest BCUT2D eigenvalue weighted by Gasteiger charge is -2.30. The van der Waals surface area contributed by atoms with Crippen LogP contribution in [0, 0.1) is 0 Å². The summed E-state index contributed by atoms with van der Waals surface area (Å²) in [6.07, 6.45) is 4.65. The molecule has 0 spiro atoms. The summed E-state index contributed by atoms with van der Waals surface area (Å²) in [5, 5.41) is 13.2. The molecule has 1 aromatic rings. The maximum Gasteiger partial charge on any atom is 0.118 e. The number of hydrogen-bond donors (Lipinski definition) is 2. The molecule has 3 nitrogen and oxygen atoms in total. The minimum absolute atomic E-state index is 0.0271. The van der Waals surface area contributed by atoms with Gasteiger partial charge in [0.05, 0.1) is 13.7 Å². The second-order valence-electron chi connectivity index (χ2n) is 5.70. The normalized spacial score (nSPS) is 19.3. The number of benzene rings is 1. The van der Waals surface area contributed by atoms with Crippen LogP contribution < -0.4 is 10.1 Å². The number of ether oxygens (including phenoxy) is 1. The van der Waals surface area contributed by atoms with Crippen molar-refractivity contribution in [2.45, 2.75) is 44.1 Å². The van der Waals surface area contributed by atoms with Crippen molar-refractivity contribution in [2.75, 3.05) is 20.3 Å². The van der Waals surface area contributed by atoms with Crippen molar-refractivity contribution in [3.63, 3.8) is 0 Å². The number of aliphatic hydroxyl groups is 1. The van der Waals surface area contributed by atoms with Crippen LogP contribution in [0.5, 0.6) is 5.75 Å². The number of hydrogen-bond acceptors (Lipinski definition) is 3. The van der Waals surface area contributed by atoms with Crippen molar-refractivity contribution in [3.8, 4) is 5.75 Å². The maximum absolute atomic E-state index is 9.59. The second kappa shape index (κ2) is 6.40. The van der Waals surface area contributed by atoms with Crippen molar-refractivity contribution in [2.24, 2.45) is 0 Å². The van der Waals surface area contributed by atoms with Crippen molar-refractivity contribution in [1.29, 1.82) is 0 Å². The zero-order chi connectivity index (χ0) is 13.7. The van der Waals surface area contributed by atoms with E-state index in [2.05, 4.69) is 24.4 Å². The van der Waals surface area contributed by atoms with Crippen LogP contribution in [0.15, 0.2) is 24.3 Å². The Morgan fingerprint density at radius 3 is 2.42 bits per heavy atom. The fraction of sp³-hybridized carbons (Fsp3) is 0.625. The van der Waals surface area contributed by atoms with Gasteiger partial charge in [0.1, 0.15) is 5.75 Å². The van der Waals surface area contributed by atoms with Crippen LogP contribution in [0.3, 0.4) is 0 Å². The second-order valence-corrected chi connectivity index (χ2v) is 5.70. The molecule has 19 heavy (non-hydrogen) atoms. The fourth-order valence-corrected chi connectivity index (χ4v) is 2.86. The van der Waals surface area contributed by atoms with E-state index in [0.717, 1.165) is 25.1 Å². The lowest BCUT2D eigenvalue weighted by molar-refractivity contribution is 0.163. The molecule has 1 aromatic carbocycles. The van der Waals surface area contributed by atoms with Gasteiger partial charge in [-0.2, -0.15) is 0 Å². The van der Waals surface area contributed by atoms with E-state index in [0.29, 0.717) is 5.92 Å². The summed E-state index contributed by atoms with van der Waals surface area (Å²) in [5.41, 5.74) is 1.28. The Morgan fingerprint density at radius 1 is 1.26 bits per heavy atom. The van der Waals surface area contributed by atoms with Crippen LogP contribution in [0.2, 0.25) is 0 Å². The van der Waals surface area contributed by atoms with E-state index in [1.54, 1.807) is 7.11 Å². The average molecular weight is 263 g/mol. The van der Waals surface area contributed by atoms with Gasteiger partial charge >= 0.3 is 0 Å². The molecular formula is C16H25NO2. The van der Waals surface area contributed by atoms with Gasteiger partial charge in [0.15, 0.2) is 0 Å². The highest BCUT2D eigenvalue weighted by atomic mass is 16.5. The Kier molecular flexibility index (Phi) is 4.83. The molecule has 0 radical (unpaired) electrons. The Balaban J connectivity index is 1.91. The highest BCUT2D eigenvalue weighted by molar-refractivity contribution is 5.29. The van der Waals surface area contributed by atoms with Gasteiger partial charge in [0.2, 0.25) is 0 Å². The van der Waals surface area contributed by atoms with Gasteiger partial charge in [-0.1, -0.05) is 31.9 Å². The summed E-state index contributed by atoms with van der Waals surface area (Å²) in [6.45, 7) is 3.38. The Labute approximate surface area is 116 Å². The van der Waals surface area contributed by atoms with E-state index in [1.807, 2.05) is 12.1 Å². The highest BCUT2D eigenvalue weighted by Crippen LogP contribution is 2.30. The SMILES string of the molecule is COc1ccc([C@@H](C)CNC2(CO)CCCC2)cc1. The zero-order valence-corrected chi connectivity index (χ0v) is 12.0. The number of nitrogens with one attached hydrogen (secondary N) is 1. The number of aliphatic hydroxyl groups excluding tert-OH is 1. The molecule has 1 saturated carbocycles. The molecule has 0 bridgehead atoms. The van der Waals surface area contributed by atoms with Gasteiger partial charge in [-0.05, 0) is 36.5 Å². The Hall–Kier alpha value is -1.06. The van der Waals surface area contributed by atoms with E-state index >= 15 is 0 Å². The molecule has 106 valence electrons. The van der Waals surface area contributed by atoms with Crippen LogP contribution >= 0.6 is 0 Å². The largest absolute Gasteiger partial charge is 0.497 e. The molecule has 0 saturated heterocycles. The molecule has 1 aliphatic rings. The molecule has 0 unspecified atom stereocenters. The highest BCUT2D eigenvalue weighted by Gasteiger charge is 2.32. The molecule has 0 aromatic heterocycles. The summed E-state index contributed by atoms with van der Waals surface area (Å²) in [5.74, 6) is 1.33. The molecule has 3 heteroatoms.